The zero-order valence-electron chi connectivity index (χ0n) is 23.4. The molecule has 0 heterocycles. The molecule has 0 aromatic rings. The SMILES string of the molecule is C.CC(C)(C)NS(=O)(=O)C1CC1.CC(C)(C)NS(=O)(=O)CCCCl.NS(=O)(=O)C1CC1.O=S(=O)(Cl)CCCCl.[B]. The van der Waals surface area contributed by atoms with Gasteiger partial charge in [-0.15, -0.1) is 23.2 Å². The molecule has 3 radical (unpaired) electrons. The molecule has 0 saturated heterocycles. The van der Waals surface area contributed by atoms with Crippen molar-refractivity contribution in [3.63, 3.8) is 0 Å². The van der Waals surface area contributed by atoms with Gasteiger partial charge in [-0.2, -0.15) is 0 Å². The fourth-order valence-electron chi connectivity index (χ4n) is 2.27. The monoisotopic (exact) mass is 714 g/mol. The van der Waals surface area contributed by atoms with E-state index in [4.69, 9.17) is 39.0 Å². The summed E-state index contributed by atoms with van der Waals surface area (Å²) in [5.74, 6) is 0.794. The standard InChI is InChI=1S/C7H16ClNO2S.C7H15NO2S.C3H6Cl2O2S.C3H7NO2S.CH4.B/c1-7(2,3)9-12(10,11)6-4-5-8;1-7(2,3)8-11(9,10)6-4-5-6;4-2-1-3-8(5,6)7;4-7(5,6)3-1-2-3;;/h9H,4-6H2,1-3H3;6,8H,4-5H2,1-3H3;1-3H2;3H,1-2H2,(H2,4,5,6);1H4;. The average Bonchev–Trinajstić information content (AvgIpc) is 3.52. The molecule has 2 rings (SSSR count). The fraction of sp³-hybridized carbons (Fsp3) is 1.00. The largest absolute Gasteiger partial charge is 0.232 e. The Hall–Kier alpha value is 0.615. The van der Waals surface area contributed by atoms with Gasteiger partial charge in [0.15, 0.2) is 0 Å². The lowest BCUT2D eigenvalue weighted by Gasteiger charge is -2.19. The van der Waals surface area contributed by atoms with Gasteiger partial charge in [0.05, 0.1) is 22.0 Å². The van der Waals surface area contributed by atoms with Gasteiger partial charge in [-0.3, -0.25) is 0 Å². The van der Waals surface area contributed by atoms with E-state index in [9.17, 15) is 33.7 Å². The topological polar surface area (TPSA) is 187 Å². The van der Waals surface area contributed by atoms with Crippen LogP contribution in [0.3, 0.4) is 0 Å². The Bertz CT molecular complexity index is 1120. The van der Waals surface area contributed by atoms with Gasteiger partial charge >= 0.3 is 0 Å². The van der Waals surface area contributed by atoms with Crippen LogP contribution in [0, 0.1) is 0 Å². The summed E-state index contributed by atoms with van der Waals surface area (Å²) in [5, 5.41) is 4.40. The van der Waals surface area contributed by atoms with E-state index >= 15 is 0 Å². The van der Waals surface area contributed by atoms with E-state index in [2.05, 4.69) is 9.44 Å². The van der Waals surface area contributed by atoms with Gasteiger partial charge in [0, 0.05) is 41.9 Å². The van der Waals surface area contributed by atoms with Gasteiger partial charge < -0.3 is 0 Å². The van der Waals surface area contributed by atoms with Gasteiger partial charge in [0.25, 0.3) is 0 Å². The van der Waals surface area contributed by atoms with Crippen LogP contribution in [0.2, 0.25) is 0 Å². The number of alkyl halides is 2. The molecule has 0 bridgehead atoms. The summed E-state index contributed by atoms with van der Waals surface area (Å²) in [7, 11) is -7.73. The van der Waals surface area contributed by atoms with Crippen molar-refractivity contribution in [3.05, 3.63) is 0 Å². The highest BCUT2D eigenvalue weighted by atomic mass is 35.7. The molecule has 243 valence electrons. The minimum Gasteiger partial charge on any atom is -0.228 e. The zero-order chi connectivity index (χ0) is 30.6. The predicted octanol–water partition coefficient (Wildman–Crippen LogP) is 3.08. The number of hydrogen-bond acceptors (Lipinski definition) is 8. The first-order valence-electron chi connectivity index (χ1n) is 11.8. The number of primary sulfonamides is 1. The summed E-state index contributed by atoms with van der Waals surface area (Å²) in [4.78, 5) is 0. The van der Waals surface area contributed by atoms with Crippen LogP contribution in [-0.2, 0) is 39.1 Å². The Morgan fingerprint density at radius 1 is 0.700 bits per heavy atom. The molecule has 2 fully saturated rings. The number of halogens is 3. The third-order valence-corrected chi connectivity index (χ3v) is 11.1. The van der Waals surface area contributed by atoms with Crippen LogP contribution >= 0.6 is 33.9 Å². The molecule has 40 heavy (non-hydrogen) atoms. The quantitative estimate of drug-likeness (QED) is 0.175. The fourth-order valence-corrected chi connectivity index (χ4v) is 7.80. The van der Waals surface area contributed by atoms with Crippen molar-refractivity contribution in [1.29, 1.82) is 0 Å². The second kappa shape index (κ2) is 19.8. The summed E-state index contributed by atoms with van der Waals surface area (Å²) in [6.45, 7) is 11.0. The number of sulfonamides is 3. The van der Waals surface area contributed by atoms with Crippen LogP contribution in [-0.4, -0.2) is 86.9 Å². The molecule has 0 atom stereocenters. The van der Waals surface area contributed by atoms with Crippen LogP contribution in [0.4, 0.5) is 0 Å². The third-order valence-electron chi connectivity index (χ3n) is 3.93. The molecular weight excluding hydrogens is 668 g/mol. The molecule has 0 aromatic carbocycles. The van der Waals surface area contributed by atoms with Crippen molar-refractivity contribution < 1.29 is 33.7 Å². The molecular formula is C21H48BCl3N3O8S4. The highest BCUT2D eigenvalue weighted by Crippen LogP contribution is 2.28. The van der Waals surface area contributed by atoms with E-state index in [0.717, 1.165) is 25.7 Å². The summed E-state index contributed by atoms with van der Waals surface area (Å²) in [5.41, 5.74) is -0.730. The maximum Gasteiger partial charge on any atom is 0.232 e. The van der Waals surface area contributed by atoms with Crippen LogP contribution < -0.4 is 14.6 Å². The summed E-state index contributed by atoms with van der Waals surface area (Å²) in [6.07, 6.45) is 4.09. The smallest absolute Gasteiger partial charge is 0.228 e. The highest BCUT2D eigenvalue weighted by Gasteiger charge is 2.37. The van der Waals surface area contributed by atoms with Crippen molar-refractivity contribution >= 4 is 81.4 Å². The van der Waals surface area contributed by atoms with E-state index in [1.165, 1.54) is 0 Å². The van der Waals surface area contributed by atoms with Crippen LogP contribution in [0.25, 0.3) is 0 Å². The molecule has 0 amide bonds. The molecule has 2 saturated carbocycles. The molecule has 11 nitrogen and oxygen atoms in total. The molecule has 4 N–H and O–H groups in total. The maximum absolute atomic E-state index is 11.3. The van der Waals surface area contributed by atoms with Crippen molar-refractivity contribution in [1.82, 2.24) is 9.44 Å². The molecule has 0 aromatic heterocycles. The first-order valence-corrected chi connectivity index (χ1v) is 20.2. The van der Waals surface area contributed by atoms with Gasteiger partial charge in [0.2, 0.25) is 39.1 Å². The summed E-state index contributed by atoms with van der Waals surface area (Å²) < 4.78 is 90.8. The van der Waals surface area contributed by atoms with E-state index < -0.39 is 44.7 Å². The first-order chi connectivity index (χ1) is 16.7. The Kier molecular flexibility index (Phi) is 23.5. The number of nitrogens with two attached hydrogens (primary N) is 1. The van der Waals surface area contributed by atoms with E-state index in [1.54, 1.807) is 0 Å². The van der Waals surface area contributed by atoms with Crippen molar-refractivity contribution in [2.45, 2.75) is 109 Å². The lowest BCUT2D eigenvalue weighted by molar-refractivity contribution is 0.489. The molecule has 0 aliphatic heterocycles. The summed E-state index contributed by atoms with van der Waals surface area (Å²) in [6, 6.07) is 0. The Labute approximate surface area is 260 Å². The highest BCUT2D eigenvalue weighted by molar-refractivity contribution is 8.13. The normalized spacial score (nSPS) is 15.8. The zero-order valence-corrected chi connectivity index (χ0v) is 28.9. The number of nitrogens with one attached hydrogen (secondary N) is 2. The molecule has 0 unspecified atom stereocenters. The predicted molar refractivity (Wildman–Crippen MR) is 170 cm³/mol. The minimum atomic E-state index is -3.30. The van der Waals surface area contributed by atoms with E-state index in [-0.39, 0.29) is 43.4 Å². The van der Waals surface area contributed by atoms with Crippen molar-refractivity contribution in [2.24, 2.45) is 5.14 Å². The molecule has 19 heteroatoms. The van der Waals surface area contributed by atoms with E-state index in [0.29, 0.717) is 24.6 Å². The van der Waals surface area contributed by atoms with Crippen LogP contribution in [0.1, 0.15) is 87.5 Å². The Balaban J connectivity index is -0.000000217. The van der Waals surface area contributed by atoms with Gasteiger partial charge in [-0.1, -0.05) is 7.43 Å². The Morgan fingerprint density at radius 2 is 1.05 bits per heavy atom. The molecule has 2 aliphatic carbocycles. The number of hydrogen-bond donors (Lipinski definition) is 3. The summed E-state index contributed by atoms with van der Waals surface area (Å²) >= 11 is 10.6. The Morgan fingerprint density at radius 3 is 1.25 bits per heavy atom. The third kappa shape index (κ3) is 33.1. The van der Waals surface area contributed by atoms with Crippen molar-refractivity contribution in [2.75, 3.05) is 23.3 Å². The van der Waals surface area contributed by atoms with E-state index in [1.807, 2.05) is 41.5 Å². The molecule has 2 aliphatic rings. The van der Waals surface area contributed by atoms with Gasteiger partial charge in [-0.05, 0) is 80.1 Å². The first kappa shape index (κ1) is 47.5. The van der Waals surface area contributed by atoms with Gasteiger partial charge in [-0.25, -0.2) is 48.3 Å². The van der Waals surface area contributed by atoms with Gasteiger partial charge in [0.1, 0.15) is 0 Å². The average molecular weight is 716 g/mol. The second-order valence-corrected chi connectivity index (χ2v) is 20.2. The minimum absolute atomic E-state index is 0. The molecule has 0 spiro atoms. The van der Waals surface area contributed by atoms with Crippen molar-refractivity contribution in [3.8, 4) is 0 Å². The second-order valence-electron chi connectivity index (χ2n) is 10.9. The van der Waals surface area contributed by atoms with Crippen LogP contribution in [0.5, 0.6) is 0 Å². The lowest BCUT2D eigenvalue weighted by atomic mass is 10.1. The lowest BCUT2D eigenvalue weighted by Crippen LogP contribution is -2.42. The van der Waals surface area contributed by atoms with Crippen LogP contribution in [0.15, 0.2) is 0 Å². The maximum atomic E-state index is 11.3. The number of rotatable bonds is 10.